The maximum Gasteiger partial charge on any atom is 0.334 e. The quantitative estimate of drug-likeness (QED) is 0.865. The first kappa shape index (κ1) is 13.4. The molecule has 1 aromatic carbocycles. The lowest BCUT2D eigenvalue weighted by Gasteiger charge is -2.11. The van der Waals surface area contributed by atoms with Crippen LogP contribution < -0.4 is 5.32 Å². The van der Waals surface area contributed by atoms with E-state index in [9.17, 15) is 17.1 Å². The van der Waals surface area contributed by atoms with Crippen molar-refractivity contribution in [3.8, 4) is 0 Å². The van der Waals surface area contributed by atoms with Crippen molar-refractivity contribution in [3.63, 3.8) is 0 Å². The summed E-state index contributed by atoms with van der Waals surface area (Å²) in [6.45, 7) is 0. The minimum atomic E-state index is -4.82. The fourth-order valence-electron chi connectivity index (χ4n) is 1.76. The number of para-hydroxylation sites is 1. The zero-order valence-electron chi connectivity index (χ0n) is 9.43. The maximum absolute atomic E-state index is 13.0. The summed E-state index contributed by atoms with van der Waals surface area (Å²) in [6.07, 6.45) is 0.765. The molecule has 1 atom stereocenters. The van der Waals surface area contributed by atoms with E-state index >= 15 is 0 Å². The first-order chi connectivity index (χ1) is 8.48. The number of rotatable bonds is 3. The molecule has 0 radical (unpaired) electrons. The first-order valence-corrected chi connectivity index (χ1v) is 7.94. The molecule has 1 N–H and O–H groups in total. The van der Waals surface area contributed by atoms with Gasteiger partial charge in [-0.3, -0.25) is 4.79 Å². The van der Waals surface area contributed by atoms with Crippen molar-refractivity contribution >= 4 is 33.6 Å². The van der Waals surface area contributed by atoms with Crippen LogP contribution in [0.5, 0.6) is 0 Å². The fraction of sp³-hybridized carbons (Fsp3) is 0.364. The SMILES string of the molecule is O=C(Nc1ccccc1S(=O)(=O)F)C1CCSC1. The van der Waals surface area contributed by atoms with Crippen LogP contribution in [0.25, 0.3) is 0 Å². The molecule has 98 valence electrons. The Hall–Kier alpha value is -1.08. The van der Waals surface area contributed by atoms with Gasteiger partial charge in [-0.25, -0.2) is 0 Å². The van der Waals surface area contributed by atoms with Crippen LogP contribution in [0.2, 0.25) is 0 Å². The average Bonchev–Trinajstić information content (AvgIpc) is 2.81. The molecule has 0 spiro atoms. The maximum atomic E-state index is 13.0. The smallest absolute Gasteiger partial charge is 0.325 e. The molecular weight excluding hydrogens is 277 g/mol. The highest BCUT2D eigenvalue weighted by molar-refractivity contribution is 7.99. The summed E-state index contributed by atoms with van der Waals surface area (Å²) in [4.78, 5) is 11.4. The van der Waals surface area contributed by atoms with Crippen LogP contribution >= 0.6 is 11.8 Å². The van der Waals surface area contributed by atoms with Crippen molar-refractivity contribution in [1.82, 2.24) is 0 Å². The van der Waals surface area contributed by atoms with Gasteiger partial charge < -0.3 is 5.32 Å². The summed E-state index contributed by atoms with van der Waals surface area (Å²) in [7, 11) is -4.82. The van der Waals surface area contributed by atoms with E-state index < -0.39 is 15.1 Å². The topological polar surface area (TPSA) is 63.2 Å². The Kier molecular flexibility index (Phi) is 3.91. The normalized spacial score (nSPS) is 19.7. The lowest BCUT2D eigenvalue weighted by Crippen LogP contribution is -2.23. The molecule has 1 aliphatic rings. The number of hydrogen-bond acceptors (Lipinski definition) is 4. The summed E-state index contributed by atoms with van der Waals surface area (Å²) >= 11 is 1.68. The van der Waals surface area contributed by atoms with E-state index in [1.165, 1.54) is 12.1 Å². The Bertz CT molecular complexity index is 553. The van der Waals surface area contributed by atoms with E-state index in [4.69, 9.17) is 0 Å². The second kappa shape index (κ2) is 5.27. The van der Waals surface area contributed by atoms with Crippen molar-refractivity contribution in [3.05, 3.63) is 24.3 Å². The Labute approximate surface area is 109 Å². The van der Waals surface area contributed by atoms with Crippen LogP contribution in [-0.2, 0) is 15.0 Å². The minimum Gasteiger partial charge on any atom is -0.325 e. The Morgan fingerprint density at radius 1 is 1.39 bits per heavy atom. The van der Waals surface area contributed by atoms with Gasteiger partial charge in [0.2, 0.25) is 5.91 Å². The van der Waals surface area contributed by atoms with Gasteiger partial charge in [0.05, 0.1) is 5.69 Å². The van der Waals surface area contributed by atoms with Crippen LogP contribution in [0.15, 0.2) is 29.2 Å². The molecule has 18 heavy (non-hydrogen) atoms. The van der Waals surface area contributed by atoms with Gasteiger partial charge in [0.25, 0.3) is 0 Å². The zero-order chi connectivity index (χ0) is 13.2. The number of carbonyl (C=O) groups excluding carboxylic acids is 1. The van der Waals surface area contributed by atoms with Gasteiger partial charge in [0.1, 0.15) is 4.90 Å². The highest BCUT2D eigenvalue weighted by Crippen LogP contribution is 2.27. The third kappa shape index (κ3) is 3.02. The van der Waals surface area contributed by atoms with Crippen LogP contribution in [0.3, 0.4) is 0 Å². The van der Waals surface area contributed by atoms with Gasteiger partial charge in [-0.1, -0.05) is 12.1 Å². The van der Waals surface area contributed by atoms with Crippen LogP contribution in [0.4, 0.5) is 9.57 Å². The van der Waals surface area contributed by atoms with Gasteiger partial charge in [0.15, 0.2) is 0 Å². The highest BCUT2D eigenvalue weighted by Gasteiger charge is 2.25. The van der Waals surface area contributed by atoms with Gasteiger partial charge >= 0.3 is 10.2 Å². The minimum absolute atomic E-state index is 0.00176. The number of carbonyl (C=O) groups is 1. The number of thioether (sulfide) groups is 1. The largest absolute Gasteiger partial charge is 0.334 e. The third-order valence-corrected chi connectivity index (χ3v) is 4.75. The van der Waals surface area contributed by atoms with Crippen LogP contribution in [-0.4, -0.2) is 25.8 Å². The van der Waals surface area contributed by atoms with Crippen LogP contribution in [0.1, 0.15) is 6.42 Å². The van der Waals surface area contributed by atoms with Gasteiger partial charge in [-0.2, -0.15) is 20.2 Å². The number of hydrogen-bond donors (Lipinski definition) is 1. The number of anilines is 1. The molecule has 1 fully saturated rings. The molecule has 1 heterocycles. The van der Waals surface area contributed by atoms with Crippen molar-refractivity contribution < 1.29 is 17.1 Å². The number of benzene rings is 1. The fourth-order valence-corrected chi connectivity index (χ4v) is 3.60. The van der Waals surface area contributed by atoms with E-state index in [2.05, 4.69) is 5.32 Å². The molecule has 1 amide bonds. The Balaban J connectivity index is 2.21. The molecule has 7 heteroatoms. The lowest BCUT2D eigenvalue weighted by molar-refractivity contribution is -0.119. The molecule has 1 aliphatic heterocycles. The molecule has 4 nitrogen and oxygen atoms in total. The molecule has 1 aromatic rings. The van der Waals surface area contributed by atoms with Gasteiger partial charge in [0, 0.05) is 11.7 Å². The zero-order valence-corrected chi connectivity index (χ0v) is 11.1. The second-order valence-electron chi connectivity index (χ2n) is 3.98. The van der Waals surface area contributed by atoms with Gasteiger partial charge in [-0.15, -0.1) is 3.89 Å². The molecule has 1 saturated heterocycles. The van der Waals surface area contributed by atoms with Crippen molar-refractivity contribution in [1.29, 1.82) is 0 Å². The van der Waals surface area contributed by atoms with E-state index in [0.717, 1.165) is 24.0 Å². The lowest BCUT2D eigenvalue weighted by atomic mass is 10.1. The Morgan fingerprint density at radius 2 is 2.11 bits per heavy atom. The first-order valence-electron chi connectivity index (χ1n) is 5.41. The van der Waals surface area contributed by atoms with E-state index in [1.807, 2.05) is 0 Å². The summed E-state index contributed by atoms with van der Waals surface area (Å²) in [5, 5.41) is 2.49. The van der Waals surface area contributed by atoms with E-state index in [1.54, 1.807) is 17.8 Å². The summed E-state index contributed by atoms with van der Waals surface area (Å²) < 4.78 is 34.9. The summed E-state index contributed by atoms with van der Waals surface area (Å²) in [5.41, 5.74) is 0.00176. The molecule has 0 aromatic heterocycles. The molecule has 1 unspecified atom stereocenters. The molecule has 2 rings (SSSR count). The molecule has 0 bridgehead atoms. The van der Waals surface area contributed by atoms with Crippen LogP contribution in [0, 0.1) is 5.92 Å². The number of halogens is 1. The summed E-state index contributed by atoms with van der Waals surface area (Å²) in [6, 6.07) is 5.47. The van der Waals surface area contributed by atoms with Crippen molar-refractivity contribution in [2.75, 3.05) is 16.8 Å². The molecule has 0 saturated carbocycles. The van der Waals surface area contributed by atoms with E-state index in [-0.39, 0.29) is 17.5 Å². The number of amides is 1. The van der Waals surface area contributed by atoms with Crippen molar-refractivity contribution in [2.45, 2.75) is 11.3 Å². The molecule has 0 aliphatic carbocycles. The third-order valence-electron chi connectivity index (χ3n) is 2.71. The summed E-state index contributed by atoms with van der Waals surface area (Å²) in [5.74, 6) is 1.25. The second-order valence-corrected chi connectivity index (χ2v) is 6.45. The molecular formula is C11H12FNO3S2. The predicted octanol–water partition coefficient (Wildman–Crippen LogP) is 2.04. The Morgan fingerprint density at radius 3 is 2.72 bits per heavy atom. The van der Waals surface area contributed by atoms with Crippen molar-refractivity contribution in [2.24, 2.45) is 5.92 Å². The highest BCUT2D eigenvalue weighted by atomic mass is 32.3. The van der Waals surface area contributed by atoms with E-state index in [0.29, 0.717) is 0 Å². The monoisotopic (exact) mass is 289 g/mol. The predicted molar refractivity (Wildman–Crippen MR) is 68.8 cm³/mol. The average molecular weight is 289 g/mol. The van der Waals surface area contributed by atoms with Gasteiger partial charge in [-0.05, 0) is 24.3 Å². The standard InChI is InChI=1S/C11H12FNO3S2/c12-18(15,16)10-4-2-1-3-9(10)13-11(14)8-5-6-17-7-8/h1-4,8H,5-7H2,(H,13,14). The number of nitrogens with one attached hydrogen (secondary N) is 1.